The van der Waals surface area contributed by atoms with Crippen molar-refractivity contribution in [3.8, 4) is 0 Å². The number of carbonyl (C=O) groups is 2. The molecule has 0 aromatic heterocycles. The summed E-state index contributed by atoms with van der Waals surface area (Å²) >= 11 is 6.39. The third kappa shape index (κ3) is 6.95. The largest absolute Gasteiger partial charge is 0.352 e. The highest BCUT2D eigenvalue weighted by Crippen LogP contribution is 2.22. The molecular formula is C30H33ClN2O2. The van der Waals surface area contributed by atoms with Gasteiger partial charge >= 0.3 is 0 Å². The standard InChI is InChI=1S/C30H33ClN2O2/c1-22-10-9-13-24(18-22)21-33(29(34)20-25-14-5-8-17-27(25)31)28(19-23-11-3-2-4-12-23)30(35)32-26-15-6-7-16-26/h2-5,8-14,17-18,26,28H,6-7,15-16,19-21H2,1H3,(H,32,35)/t28-/m1/s1. The van der Waals surface area contributed by atoms with Crippen molar-refractivity contribution in [3.05, 3.63) is 106 Å². The molecule has 0 heterocycles. The number of rotatable bonds is 9. The minimum Gasteiger partial charge on any atom is -0.352 e. The fraction of sp³-hybridized carbons (Fsp3) is 0.333. The van der Waals surface area contributed by atoms with Crippen LogP contribution in [0.3, 0.4) is 0 Å². The molecule has 4 rings (SSSR count). The molecule has 182 valence electrons. The lowest BCUT2D eigenvalue weighted by Gasteiger charge is -2.32. The van der Waals surface area contributed by atoms with E-state index in [9.17, 15) is 9.59 Å². The molecule has 3 aromatic carbocycles. The van der Waals surface area contributed by atoms with E-state index in [4.69, 9.17) is 11.6 Å². The molecule has 1 atom stereocenters. The Hall–Kier alpha value is -3.11. The molecule has 1 fully saturated rings. The Morgan fingerprint density at radius 2 is 1.63 bits per heavy atom. The second kappa shape index (κ2) is 12.0. The molecule has 1 aliphatic rings. The van der Waals surface area contributed by atoms with Crippen LogP contribution in [0.5, 0.6) is 0 Å². The molecule has 0 radical (unpaired) electrons. The predicted molar refractivity (Wildman–Crippen MR) is 141 cm³/mol. The van der Waals surface area contributed by atoms with Crippen molar-refractivity contribution >= 4 is 23.4 Å². The first-order chi connectivity index (χ1) is 17.0. The normalized spacial score (nSPS) is 14.5. The molecule has 4 nitrogen and oxygen atoms in total. The van der Waals surface area contributed by atoms with Gasteiger partial charge in [0.25, 0.3) is 0 Å². The number of hydrogen-bond donors (Lipinski definition) is 1. The topological polar surface area (TPSA) is 49.4 Å². The highest BCUT2D eigenvalue weighted by atomic mass is 35.5. The number of aryl methyl sites for hydroxylation is 1. The van der Waals surface area contributed by atoms with E-state index in [1.54, 1.807) is 11.0 Å². The van der Waals surface area contributed by atoms with Crippen LogP contribution in [0.1, 0.15) is 47.9 Å². The summed E-state index contributed by atoms with van der Waals surface area (Å²) in [5.41, 5.74) is 3.92. The maximum atomic E-state index is 13.8. The van der Waals surface area contributed by atoms with E-state index < -0.39 is 6.04 Å². The molecule has 0 unspecified atom stereocenters. The van der Waals surface area contributed by atoms with E-state index in [0.717, 1.165) is 47.9 Å². The van der Waals surface area contributed by atoms with Crippen LogP contribution in [0.4, 0.5) is 0 Å². The average molecular weight is 489 g/mol. The molecule has 0 spiro atoms. The fourth-order valence-electron chi connectivity index (χ4n) is 4.83. The number of halogens is 1. The van der Waals surface area contributed by atoms with Crippen molar-refractivity contribution in [1.29, 1.82) is 0 Å². The van der Waals surface area contributed by atoms with Crippen molar-refractivity contribution in [3.63, 3.8) is 0 Å². The molecular weight excluding hydrogens is 456 g/mol. The maximum absolute atomic E-state index is 13.8. The summed E-state index contributed by atoms with van der Waals surface area (Å²) in [6.07, 6.45) is 4.86. The smallest absolute Gasteiger partial charge is 0.243 e. The van der Waals surface area contributed by atoms with Gasteiger partial charge < -0.3 is 10.2 Å². The average Bonchev–Trinajstić information content (AvgIpc) is 3.36. The number of hydrogen-bond acceptors (Lipinski definition) is 2. The van der Waals surface area contributed by atoms with Crippen LogP contribution in [0, 0.1) is 6.92 Å². The lowest BCUT2D eigenvalue weighted by atomic mass is 10.0. The van der Waals surface area contributed by atoms with Gasteiger partial charge in [-0.25, -0.2) is 0 Å². The second-order valence-corrected chi connectivity index (χ2v) is 9.88. The van der Waals surface area contributed by atoms with Gasteiger partial charge in [0, 0.05) is 24.0 Å². The van der Waals surface area contributed by atoms with E-state index in [1.165, 1.54) is 0 Å². The zero-order chi connectivity index (χ0) is 24.6. The number of nitrogens with zero attached hydrogens (tertiary/aromatic N) is 1. The van der Waals surface area contributed by atoms with Crippen LogP contribution in [0.25, 0.3) is 0 Å². The Labute approximate surface area is 213 Å². The Kier molecular flexibility index (Phi) is 8.59. The van der Waals surface area contributed by atoms with Gasteiger partial charge in [0.15, 0.2) is 0 Å². The number of carbonyl (C=O) groups excluding carboxylic acids is 2. The molecule has 0 aliphatic heterocycles. The lowest BCUT2D eigenvalue weighted by Crippen LogP contribution is -2.52. The zero-order valence-electron chi connectivity index (χ0n) is 20.3. The molecule has 2 amide bonds. The van der Waals surface area contributed by atoms with Crippen LogP contribution in [-0.4, -0.2) is 28.8 Å². The lowest BCUT2D eigenvalue weighted by molar-refractivity contribution is -0.141. The molecule has 35 heavy (non-hydrogen) atoms. The summed E-state index contributed by atoms with van der Waals surface area (Å²) < 4.78 is 0. The quantitative estimate of drug-likeness (QED) is 0.408. The maximum Gasteiger partial charge on any atom is 0.243 e. The van der Waals surface area contributed by atoms with Crippen molar-refractivity contribution < 1.29 is 9.59 Å². The van der Waals surface area contributed by atoms with Crippen LogP contribution >= 0.6 is 11.6 Å². The Morgan fingerprint density at radius 1 is 0.943 bits per heavy atom. The SMILES string of the molecule is Cc1cccc(CN(C(=O)Cc2ccccc2Cl)[C@H](Cc2ccccc2)C(=O)NC2CCCC2)c1. The van der Waals surface area contributed by atoms with Gasteiger partial charge in [-0.1, -0.05) is 103 Å². The first kappa shape index (κ1) is 25.0. The van der Waals surface area contributed by atoms with Gasteiger partial charge in [-0.2, -0.15) is 0 Å². The Morgan fingerprint density at radius 3 is 2.34 bits per heavy atom. The van der Waals surface area contributed by atoms with Gasteiger partial charge in [-0.15, -0.1) is 0 Å². The summed E-state index contributed by atoms with van der Waals surface area (Å²) in [5, 5.41) is 3.81. The molecule has 3 aromatic rings. The van der Waals surface area contributed by atoms with E-state index in [1.807, 2.05) is 73.7 Å². The van der Waals surface area contributed by atoms with E-state index in [2.05, 4.69) is 11.4 Å². The fourth-order valence-corrected chi connectivity index (χ4v) is 5.04. The van der Waals surface area contributed by atoms with Crippen LogP contribution in [0.2, 0.25) is 5.02 Å². The Balaban J connectivity index is 1.67. The summed E-state index contributed by atoms with van der Waals surface area (Å²) in [6, 6.07) is 25.0. The van der Waals surface area contributed by atoms with E-state index in [-0.39, 0.29) is 24.3 Å². The van der Waals surface area contributed by atoms with Crippen molar-refractivity contribution in [1.82, 2.24) is 10.2 Å². The van der Waals surface area contributed by atoms with Gasteiger partial charge in [-0.05, 0) is 42.5 Å². The van der Waals surface area contributed by atoms with Crippen LogP contribution < -0.4 is 5.32 Å². The van der Waals surface area contributed by atoms with E-state index in [0.29, 0.717) is 18.0 Å². The zero-order valence-corrected chi connectivity index (χ0v) is 21.0. The van der Waals surface area contributed by atoms with Crippen molar-refractivity contribution in [2.45, 2.75) is 64.1 Å². The molecule has 1 N–H and O–H groups in total. The monoisotopic (exact) mass is 488 g/mol. The molecule has 1 saturated carbocycles. The van der Waals surface area contributed by atoms with Crippen molar-refractivity contribution in [2.24, 2.45) is 0 Å². The minimum atomic E-state index is -0.617. The Bertz CT molecular complexity index is 1140. The third-order valence-corrected chi connectivity index (χ3v) is 7.08. The predicted octanol–water partition coefficient (Wildman–Crippen LogP) is 5.89. The van der Waals surface area contributed by atoms with Crippen molar-refractivity contribution in [2.75, 3.05) is 0 Å². The molecule has 0 saturated heterocycles. The number of nitrogens with one attached hydrogen (secondary N) is 1. The first-order valence-electron chi connectivity index (χ1n) is 12.4. The van der Waals surface area contributed by atoms with Gasteiger partial charge in [0.2, 0.25) is 11.8 Å². The summed E-state index contributed by atoms with van der Waals surface area (Å²) in [6.45, 7) is 2.40. The van der Waals surface area contributed by atoms with Gasteiger partial charge in [0.1, 0.15) is 6.04 Å². The van der Waals surface area contributed by atoms with Crippen LogP contribution in [0.15, 0.2) is 78.9 Å². The highest BCUT2D eigenvalue weighted by Gasteiger charge is 2.32. The van der Waals surface area contributed by atoms with Gasteiger partial charge in [0.05, 0.1) is 6.42 Å². The van der Waals surface area contributed by atoms with E-state index >= 15 is 0 Å². The minimum absolute atomic E-state index is 0.0825. The number of amides is 2. The summed E-state index contributed by atoms with van der Waals surface area (Å²) in [4.78, 5) is 29.3. The van der Waals surface area contributed by atoms with Crippen LogP contribution in [-0.2, 0) is 29.0 Å². The third-order valence-electron chi connectivity index (χ3n) is 6.71. The number of benzene rings is 3. The first-order valence-corrected chi connectivity index (χ1v) is 12.8. The summed E-state index contributed by atoms with van der Waals surface area (Å²) in [7, 11) is 0. The molecule has 0 bridgehead atoms. The molecule has 1 aliphatic carbocycles. The second-order valence-electron chi connectivity index (χ2n) is 9.47. The molecule has 5 heteroatoms. The summed E-state index contributed by atoms with van der Waals surface area (Å²) in [5.74, 6) is -0.192. The highest BCUT2D eigenvalue weighted by molar-refractivity contribution is 6.31. The van der Waals surface area contributed by atoms with Gasteiger partial charge in [-0.3, -0.25) is 9.59 Å².